The summed E-state index contributed by atoms with van der Waals surface area (Å²) in [6.07, 6.45) is 1.62. The third kappa shape index (κ3) is 4.45. The molecule has 0 aliphatic heterocycles. The van der Waals surface area contributed by atoms with Crippen molar-refractivity contribution in [2.75, 3.05) is 11.9 Å². The molecule has 1 N–H and O–H groups in total. The number of hydrogen-bond donors (Lipinski definition) is 1. The zero-order chi connectivity index (χ0) is 18.4. The predicted octanol–water partition coefficient (Wildman–Crippen LogP) is 3.60. The highest BCUT2D eigenvalue weighted by Gasteiger charge is 2.14. The van der Waals surface area contributed by atoms with Crippen LogP contribution in [0.25, 0.3) is 0 Å². The van der Waals surface area contributed by atoms with Gasteiger partial charge in [-0.3, -0.25) is 4.79 Å². The van der Waals surface area contributed by atoms with Crippen LogP contribution in [0.2, 0.25) is 0 Å². The molecule has 1 aromatic heterocycles. The average molecular weight is 346 g/mol. The normalized spacial score (nSPS) is 11.6. The Hall–Kier alpha value is -3.21. The molecule has 0 aliphatic carbocycles. The molecular formula is C21H22N4O. The summed E-state index contributed by atoms with van der Waals surface area (Å²) < 4.78 is 0. The van der Waals surface area contributed by atoms with Gasteiger partial charge in [0.25, 0.3) is 5.91 Å². The van der Waals surface area contributed by atoms with Gasteiger partial charge in [-0.25, -0.2) is 9.97 Å². The molecule has 0 fully saturated rings. The number of nitrogens with zero attached hydrogens (tertiary/aromatic N) is 3. The number of rotatable bonds is 6. The van der Waals surface area contributed by atoms with Gasteiger partial charge in [0.15, 0.2) is 0 Å². The van der Waals surface area contributed by atoms with E-state index in [0.29, 0.717) is 18.2 Å². The lowest BCUT2D eigenvalue weighted by atomic mass is 10.1. The number of benzene rings is 2. The molecule has 1 atom stereocenters. The van der Waals surface area contributed by atoms with E-state index in [4.69, 9.17) is 0 Å². The van der Waals surface area contributed by atoms with Crippen LogP contribution < -0.4 is 10.2 Å². The molecule has 0 spiro atoms. The topological polar surface area (TPSA) is 58.1 Å². The van der Waals surface area contributed by atoms with Crippen molar-refractivity contribution in [2.45, 2.75) is 19.5 Å². The van der Waals surface area contributed by atoms with Crippen molar-refractivity contribution < 1.29 is 4.79 Å². The molecule has 3 aromatic rings. The highest BCUT2D eigenvalue weighted by molar-refractivity contribution is 5.92. The van der Waals surface area contributed by atoms with Crippen LogP contribution in [0.1, 0.15) is 34.6 Å². The van der Waals surface area contributed by atoms with Gasteiger partial charge in [-0.2, -0.15) is 0 Å². The Morgan fingerprint density at radius 3 is 2.38 bits per heavy atom. The monoisotopic (exact) mass is 346 g/mol. The van der Waals surface area contributed by atoms with Crippen molar-refractivity contribution in [2.24, 2.45) is 0 Å². The summed E-state index contributed by atoms with van der Waals surface area (Å²) in [7, 11) is 1.91. The second-order valence-electron chi connectivity index (χ2n) is 6.19. The summed E-state index contributed by atoms with van der Waals surface area (Å²) in [5.74, 6) is 0.312. The van der Waals surface area contributed by atoms with Crippen LogP contribution in [0, 0.1) is 0 Å². The molecule has 1 amide bonds. The SMILES string of the molecule is CC(NC(=O)c1ccnc(N(C)Cc2ccccc2)n1)c1ccccc1. The molecule has 5 nitrogen and oxygen atoms in total. The van der Waals surface area contributed by atoms with Gasteiger partial charge < -0.3 is 10.2 Å². The van der Waals surface area contributed by atoms with Crippen LogP contribution in [-0.4, -0.2) is 22.9 Å². The molecule has 0 saturated heterocycles. The van der Waals surface area contributed by atoms with E-state index in [0.717, 1.165) is 11.1 Å². The summed E-state index contributed by atoms with van der Waals surface area (Å²) in [4.78, 5) is 23.2. The van der Waals surface area contributed by atoms with Gasteiger partial charge in [0.2, 0.25) is 5.95 Å². The standard InChI is InChI=1S/C21H22N4O/c1-16(18-11-7-4-8-12-18)23-20(26)19-13-14-22-21(24-19)25(2)15-17-9-5-3-6-10-17/h3-14,16H,15H2,1-2H3,(H,23,26). The minimum absolute atomic E-state index is 0.0934. The highest BCUT2D eigenvalue weighted by atomic mass is 16.1. The van der Waals surface area contributed by atoms with Gasteiger partial charge in [0.1, 0.15) is 5.69 Å². The van der Waals surface area contributed by atoms with E-state index in [-0.39, 0.29) is 11.9 Å². The number of aromatic nitrogens is 2. The number of anilines is 1. The summed E-state index contributed by atoms with van der Waals surface area (Å²) >= 11 is 0. The van der Waals surface area contributed by atoms with Crippen molar-refractivity contribution in [3.05, 3.63) is 89.7 Å². The van der Waals surface area contributed by atoms with Crippen LogP contribution in [0.4, 0.5) is 5.95 Å². The first-order valence-corrected chi connectivity index (χ1v) is 8.57. The Balaban J connectivity index is 1.69. The van der Waals surface area contributed by atoms with Gasteiger partial charge in [-0.1, -0.05) is 60.7 Å². The molecule has 0 radical (unpaired) electrons. The van der Waals surface area contributed by atoms with Crippen molar-refractivity contribution in [1.29, 1.82) is 0 Å². The third-order valence-electron chi connectivity index (χ3n) is 4.13. The Morgan fingerprint density at radius 2 is 1.69 bits per heavy atom. The van der Waals surface area contributed by atoms with Crippen LogP contribution in [-0.2, 0) is 6.54 Å². The summed E-state index contributed by atoms with van der Waals surface area (Å²) in [6.45, 7) is 2.63. The first-order chi connectivity index (χ1) is 12.6. The minimum Gasteiger partial charge on any atom is -0.344 e. The second-order valence-corrected chi connectivity index (χ2v) is 6.19. The zero-order valence-corrected chi connectivity index (χ0v) is 15.0. The summed E-state index contributed by atoms with van der Waals surface area (Å²) in [5, 5.41) is 2.98. The maximum atomic E-state index is 12.5. The maximum Gasteiger partial charge on any atom is 0.270 e. The first kappa shape index (κ1) is 17.6. The Labute approximate surface area is 153 Å². The number of amides is 1. The van der Waals surface area contributed by atoms with Crippen LogP contribution in [0.3, 0.4) is 0 Å². The maximum absolute atomic E-state index is 12.5. The fourth-order valence-electron chi connectivity index (χ4n) is 2.68. The quantitative estimate of drug-likeness (QED) is 0.741. The first-order valence-electron chi connectivity index (χ1n) is 8.57. The van der Waals surface area contributed by atoms with E-state index >= 15 is 0 Å². The van der Waals surface area contributed by atoms with E-state index in [9.17, 15) is 4.79 Å². The Kier molecular flexibility index (Phi) is 5.59. The highest BCUT2D eigenvalue weighted by Crippen LogP contribution is 2.14. The largest absolute Gasteiger partial charge is 0.344 e. The molecule has 132 valence electrons. The van der Waals surface area contributed by atoms with Crippen molar-refractivity contribution in [1.82, 2.24) is 15.3 Å². The fraction of sp³-hybridized carbons (Fsp3) is 0.190. The molecule has 0 bridgehead atoms. The van der Waals surface area contributed by atoms with Crippen LogP contribution >= 0.6 is 0 Å². The van der Waals surface area contributed by atoms with Gasteiger partial charge in [0.05, 0.1) is 6.04 Å². The third-order valence-corrected chi connectivity index (χ3v) is 4.13. The van der Waals surface area contributed by atoms with Crippen molar-refractivity contribution >= 4 is 11.9 Å². The van der Waals surface area contributed by atoms with Gasteiger partial charge in [-0.05, 0) is 24.1 Å². The number of hydrogen-bond acceptors (Lipinski definition) is 4. The Morgan fingerprint density at radius 1 is 1.04 bits per heavy atom. The molecule has 26 heavy (non-hydrogen) atoms. The number of nitrogens with one attached hydrogen (secondary N) is 1. The summed E-state index contributed by atoms with van der Waals surface area (Å²) in [5.41, 5.74) is 2.57. The lowest BCUT2D eigenvalue weighted by molar-refractivity contribution is 0.0934. The fourth-order valence-corrected chi connectivity index (χ4v) is 2.68. The lowest BCUT2D eigenvalue weighted by Crippen LogP contribution is -2.28. The zero-order valence-electron chi connectivity index (χ0n) is 15.0. The molecule has 2 aromatic carbocycles. The van der Waals surface area contributed by atoms with Gasteiger partial charge in [-0.15, -0.1) is 0 Å². The molecule has 5 heteroatoms. The van der Waals surface area contributed by atoms with E-state index in [1.807, 2.05) is 67.4 Å². The minimum atomic E-state index is -0.210. The van der Waals surface area contributed by atoms with Crippen molar-refractivity contribution in [3.63, 3.8) is 0 Å². The predicted molar refractivity (Wildman–Crippen MR) is 103 cm³/mol. The Bertz CT molecular complexity index is 852. The van der Waals surface area contributed by atoms with Gasteiger partial charge >= 0.3 is 0 Å². The molecular weight excluding hydrogens is 324 g/mol. The molecule has 0 saturated carbocycles. The molecule has 0 aliphatic rings. The number of carbonyl (C=O) groups excluding carboxylic acids is 1. The van der Waals surface area contributed by atoms with Crippen LogP contribution in [0.15, 0.2) is 72.9 Å². The van der Waals surface area contributed by atoms with E-state index < -0.39 is 0 Å². The van der Waals surface area contributed by atoms with Crippen LogP contribution in [0.5, 0.6) is 0 Å². The van der Waals surface area contributed by atoms with Gasteiger partial charge in [0, 0.05) is 19.8 Å². The smallest absolute Gasteiger partial charge is 0.270 e. The summed E-state index contributed by atoms with van der Waals surface area (Å²) in [6, 6.07) is 21.5. The van der Waals surface area contributed by atoms with E-state index in [2.05, 4.69) is 27.4 Å². The lowest BCUT2D eigenvalue weighted by Gasteiger charge is -2.18. The average Bonchev–Trinajstić information content (AvgIpc) is 2.69. The van der Waals surface area contributed by atoms with Crippen molar-refractivity contribution in [3.8, 4) is 0 Å². The molecule has 1 unspecified atom stereocenters. The molecule has 3 rings (SSSR count). The second kappa shape index (κ2) is 8.25. The van der Waals surface area contributed by atoms with E-state index in [1.54, 1.807) is 12.3 Å². The molecule has 1 heterocycles. The van der Waals surface area contributed by atoms with E-state index in [1.165, 1.54) is 0 Å². The number of carbonyl (C=O) groups is 1.